The zero-order chi connectivity index (χ0) is 11.1. The van der Waals surface area contributed by atoms with Crippen molar-refractivity contribution in [2.75, 3.05) is 0 Å². The number of rotatable bonds is 5. The van der Waals surface area contributed by atoms with Crippen LogP contribution in [0.2, 0.25) is 0 Å². The summed E-state index contributed by atoms with van der Waals surface area (Å²) >= 11 is 1.53. The van der Waals surface area contributed by atoms with Crippen LogP contribution in [0.5, 0.6) is 0 Å². The molecule has 78 valence electrons. The van der Waals surface area contributed by atoms with Crippen molar-refractivity contribution >= 4 is 17.6 Å². The highest BCUT2D eigenvalue weighted by atomic mass is 32.1. The lowest BCUT2D eigenvalue weighted by atomic mass is 10.1. The van der Waals surface area contributed by atoms with Crippen LogP contribution in [0.3, 0.4) is 0 Å². The Morgan fingerprint density at radius 3 is 2.87 bits per heavy atom. The van der Waals surface area contributed by atoms with Crippen LogP contribution in [0.25, 0.3) is 0 Å². The zero-order valence-corrected chi connectivity index (χ0v) is 9.59. The van der Waals surface area contributed by atoms with E-state index in [4.69, 9.17) is 0 Å². The van der Waals surface area contributed by atoms with Crippen LogP contribution in [0, 0.1) is 0 Å². The molecule has 0 N–H and O–H groups in total. The Morgan fingerprint density at radius 1 is 1.53 bits per heavy atom. The fourth-order valence-electron chi connectivity index (χ4n) is 1.17. The molecule has 1 heterocycles. The molecule has 0 atom stereocenters. The molecule has 1 aromatic heterocycles. The summed E-state index contributed by atoms with van der Waals surface area (Å²) in [6.07, 6.45) is 9.58. The fraction of sp³-hybridized carbons (Fsp3) is 0.154. The minimum absolute atomic E-state index is 0.777. The van der Waals surface area contributed by atoms with Crippen molar-refractivity contribution < 1.29 is 4.79 Å². The molecule has 1 aromatic rings. The molecule has 0 aromatic carbocycles. The highest BCUT2D eigenvalue weighted by Gasteiger charge is 2.00. The maximum atomic E-state index is 10.5. The number of thiophene rings is 1. The van der Waals surface area contributed by atoms with Crippen LogP contribution in [0.4, 0.5) is 0 Å². The molecular weight excluding hydrogens is 204 g/mol. The van der Waals surface area contributed by atoms with Crippen LogP contribution in [0.15, 0.2) is 48.6 Å². The molecule has 0 unspecified atom stereocenters. The van der Waals surface area contributed by atoms with E-state index in [1.165, 1.54) is 16.2 Å². The number of allylic oxidation sites excluding steroid dienone is 5. The average Bonchev–Trinajstić information content (AvgIpc) is 2.71. The van der Waals surface area contributed by atoms with E-state index in [1.54, 1.807) is 0 Å². The molecule has 0 fully saturated rings. The number of hydrogen-bond donors (Lipinski definition) is 0. The molecule has 15 heavy (non-hydrogen) atoms. The lowest BCUT2D eigenvalue weighted by Gasteiger charge is -1.97. The van der Waals surface area contributed by atoms with Gasteiger partial charge in [0.25, 0.3) is 0 Å². The van der Waals surface area contributed by atoms with Crippen LogP contribution in [-0.2, 0) is 6.42 Å². The minimum Gasteiger partial charge on any atom is -0.297 e. The van der Waals surface area contributed by atoms with E-state index in [1.807, 2.05) is 43.4 Å². The molecule has 2 heteroatoms. The van der Waals surface area contributed by atoms with Gasteiger partial charge in [-0.1, -0.05) is 30.9 Å². The largest absolute Gasteiger partial charge is 0.297 e. The van der Waals surface area contributed by atoms with Crippen LogP contribution >= 0.6 is 11.3 Å². The second-order valence-electron chi connectivity index (χ2n) is 3.07. The van der Waals surface area contributed by atoms with Crippen LogP contribution < -0.4 is 0 Å². The minimum atomic E-state index is 0.777. The van der Waals surface area contributed by atoms with Gasteiger partial charge in [-0.2, -0.15) is 0 Å². The summed E-state index contributed by atoms with van der Waals surface area (Å²) < 4.78 is 0. The van der Waals surface area contributed by atoms with Gasteiger partial charge in [0.15, 0.2) is 6.29 Å². The molecule has 0 saturated carbocycles. The summed E-state index contributed by atoms with van der Waals surface area (Å²) in [5, 5.41) is 0. The first-order valence-electron chi connectivity index (χ1n) is 4.78. The third-order valence-corrected chi connectivity index (χ3v) is 2.95. The topological polar surface area (TPSA) is 17.1 Å². The predicted molar refractivity (Wildman–Crippen MR) is 66.5 cm³/mol. The highest BCUT2D eigenvalue weighted by molar-refractivity contribution is 7.13. The van der Waals surface area contributed by atoms with E-state index >= 15 is 0 Å². The predicted octanol–water partition coefficient (Wildman–Crippen LogP) is 3.79. The van der Waals surface area contributed by atoms with Crippen molar-refractivity contribution in [3.63, 3.8) is 0 Å². The molecule has 0 radical (unpaired) electrons. The lowest BCUT2D eigenvalue weighted by Crippen LogP contribution is -1.82. The first-order valence-corrected chi connectivity index (χ1v) is 5.60. The first kappa shape index (κ1) is 11.7. The van der Waals surface area contributed by atoms with Crippen LogP contribution in [-0.4, -0.2) is 6.29 Å². The Hall–Kier alpha value is -1.41. The Kier molecular flexibility index (Phi) is 4.78. The zero-order valence-electron chi connectivity index (χ0n) is 8.77. The summed E-state index contributed by atoms with van der Waals surface area (Å²) in [6.45, 7) is 5.75. The van der Waals surface area contributed by atoms with Crippen molar-refractivity contribution in [2.24, 2.45) is 0 Å². The Labute approximate surface area is 94.4 Å². The van der Waals surface area contributed by atoms with Gasteiger partial charge in [-0.3, -0.25) is 4.79 Å². The van der Waals surface area contributed by atoms with E-state index < -0.39 is 0 Å². The van der Waals surface area contributed by atoms with Gasteiger partial charge < -0.3 is 0 Å². The van der Waals surface area contributed by atoms with Gasteiger partial charge in [-0.15, -0.1) is 11.3 Å². The van der Waals surface area contributed by atoms with Gasteiger partial charge >= 0.3 is 0 Å². The van der Waals surface area contributed by atoms with Crippen molar-refractivity contribution in [1.29, 1.82) is 0 Å². The van der Waals surface area contributed by atoms with E-state index in [9.17, 15) is 4.79 Å². The standard InChI is InChI=1S/C13H14OS/c1-3-5-6-11(4-2)9-12-7-8-13(10-14)15-12/h3-8,10H,2,9H2,1H3/b5-3-,11-6+. The second kappa shape index (κ2) is 6.14. The first-order chi connectivity index (χ1) is 7.30. The molecule has 0 aliphatic rings. The number of carbonyl (C=O) groups excluding carboxylic acids is 1. The molecule has 0 amide bonds. The Balaban J connectivity index is 2.74. The molecule has 1 rings (SSSR count). The molecule has 0 spiro atoms. The molecular formula is C13H14OS. The summed E-state index contributed by atoms with van der Waals surface area (Å²) in [7, 11) is 0. The van der Waals surface area contributed by atoms with E-state index in [2.05, 4.69) is 6.58 Å². The van der Waals surface area contributed by atoms with Crippen LogP contribution in [0.1, 0.15) is 21.5 Å². The Morgan fingerprint density at radius 2 is 2.33 bits per heavy atom. The maximum absolute atomic E-state index is 10.5. The number of aldehydes is 1. The lowest BCUT2D eigenvalue weighted by molar-refractivity contribution is 0.112. The average molecular weight is 218 g/mol. The van der Waals surface area contributed by atoms with E-state index in [0.717, 1.165) is 23.2 Å². The normalized spacial score (nSPS) is 11.9. The summed E-state index contributed by atoms with van der Waals surface area (Å²) in [5.41, 5.74) is 1.16. The monoisotopic (exact) mass is 218 g/mol. The maximum Gasteiger partial charge on any atom is 0.160 e. The Bertz CT molecular complexity index is 396. The van der Waals surface area contributed by atoms with Gasteiger partial charge in [0, 0.05) is 11.3 Å². The molecule has 0 aliphatic heterocycles. The van der Waals surface area contributed by atoms with Crippen molar-refractivity contribution in [3.05, 3.63) is 58.3 Å². The fourth-order valence-corrected chi connectivity index (χ4v) is 2.03. The summed E-state index contributed by atoms with van der Waals surface area (Å²) in [6, 6.07) is 3.84. The van der Waals surface area contributed by atoms with Gasteiger partial charge in [0.2, 0.25) is 0 Å². The van der Waals surface area contributed by atoms with Crippen molar-refractivity contribution in [1.82, 2.24) is 0 Å². The number of carbonyl (C=O) groups is 1. The summed E-state index contributed by atoms with van der Waals surface area (Å²) in [4.78, 5) is 12.5. The third kappa shape index (κ3) is 3.68. The van der Waals surface area contributed by atoms with Crippen molar-refractivity contribution in [2.45, 2.75) is 13.3 Å². The van der Waals surface area contributed by atoms with Gasteiger partial charge in [0.1, 0.15) is 0 Å². The van der Waals surface area contributed by atoms with Gasteiger partial charge in [-0.05, 0) is 24.6 Å². The highest BCUT2D eigenvalue weighted by Crippen LogP contribution is 2.18. The molecule has 1 nitrogen and oxygen atoms in total. The SMILES string of the molecule is C=C/C(=C\C=C/C)Cc1ccc(C=O)s1. The van der Waals surface area contributed by atoms with E-state index in [0.29, 0.717) is 0 Å². The smallest absolute Gasteiger partial charge is 0.160 e. The van der Waals surface area contributed by atoms with Gasteiger partial charge in [0.05, 0.1) is 4.88 Å². The van der Waals surface area contributed by atoms with Crippen molar-refractivity contribution in [3.8, 4) is 0 Å². The quantitative estimate of drug-likeness (QED) is 0.543. The molecule has 0 saturated heterocycles. The third-order valence-electron chi connectivity index (χ3n) is 1.94. The molecule has 0 bridgehead atoms. The number of hydrogen-bond acceptors (Lipinski definition) is 2. The van der Waals surface area contributed by atoms with E-state index in [-0.39, 0.29) is 0 Å². The second-order valence-corrected chi connectivity index (χ2v) is 4.27. The summed E-state index contributed by atoms with van der Waals surface area (Å²) in [5.74, 6) is 0. The van der Waals surface area contributed by atoms with Gasteiger partial charge in [-0.25, -0.2) is 0 Å². The molecule has 0 aliphatic carbocycles.